The summed E-state index contributed by atoms with van der Waals surface area (Å²) in [5.74, 6) is -0.332. The van der Waals surface area contributed by atoms with Gasteiger partial charge in [0.25, 0.3) is 0 Å². The van der Waals surface area contributed by atoms with Crippen molar-refractivity contribution in [2.75, 3.05) is 13.1 Å². The van der Waals surface area contributed by atoms with E-state index in [1.807, 2.05) is 20.8 Å². The van der Waals surface area contributed by atoms with Crippen LogP contribution in [0.3, 0.4) is 0 Å². The minimum Gasteiger partial charge on any atom is -0.459 e. The molecule has 0 saturated carbocycles. The molecule has 0 atom stereocenters. The second-order valence-electron chi connectivity index (χ2n) is 6.61. The monoisotopic (exact) mass is 291 g/mol. The molecule has 1 spiro atoms. The molecule has 1 fully saturated rings. The lowest BCUT2D eigenvalue weighted by Gasteiger charge is -2.42. The Kier molecular flexibility index (Phi) is 3.11. The number of hydrogen-bond acceptors (Lipinski definition) is 5. The van der Waals surface area contributed by atoms with Gasteiger partial charge < -0.3 is 4.74 Å². The standard InChI is InChI=1S/C15H19N2O4/c1-15(2,3)21-14(19)11-6-17(7-11)13-5-16-12(8-18)4-10(13)9-20-17/h4-5,8,11H,6-7,9H2,1-3H3/q+1. The Bertz CT molecular complexity index is 600. The summed E-state index contributed by atoms with van der Waals surface area (Å²) in [6, 6.07) is 1.75. The third kappa shape index (κ3) is 2.45. The summed E-state index contributed by atoms with van der Waals surface area (Å²) in [7, 11) is 0. The number of hydrogen-bond donors (Lipinski definition) is 0. The molecule has 2 aliphatic heterocycles. The van der Waals surface area contributed by atoms with Crippen LogP contribution in [0.15, 0.2) is 12.3 Å². The zero-order valence-corrected chi connectivity index (χ0v) is 12.5. The van der Waals surface area contributed by atoms with E-state index in [2.05, 4.69) is 4.98 Å². The molecule has 0 unspecified atom stereocenters. The van der Waals surface area contributed by atoms with E-state index in [9.17, 15) is 9.59 Å². The lowest BCUT2D eigenvalue weighted by atomic mass is 9.97. The second kappa shape index (κ2) is 4.61. The Morgan fingerprint density at radius 2 is 2.19 bits per heavy atom. The van der Waals surface area contributed by atoms with Gasteiger partial charge in [0.15, 0.2) is 17.9 Å². The molecule has 1 saturated heterocycles. The fourth-order valence-corrected chi connectivity index (χ4v) is 2.81. The van der Waals surface area contributed by atoms with E-state index in [1.165, 1.54) is 0 Å². The zero-order chi connectivity index (χ0) is 15.3. The number of aldehydes is 1. The fraction of sp³-hybridized carbons (Fsp3) is 0.533. The number of nitrogens with zero attached hydrogens (tertiary/aromatic N) is 2. The predicted octanol–water partition coefficient (Wildman–Crippen LogP) is 1.62. The van der Waals surface area contributed by atoms with Crippen LogP contribution in [0.25, 0.3) is 0 Å². The number of carbonyl (C=O) groups excluding carboxylic acids is 2. The van der Waals surface area contributed by atoms with Crippen LogP contribution < -0.4 is 4.65 Å². The molecule has 0 radical (unpaired) electrons. The van der Waals surface area contributed by atoms with Gasteiger partial charge >= 0.3 is 5.97 Å². The minimum absolute atomic E-state index is 0.152. The van der Waals surface area contributed by atoms with Gasteiger partial charge in [-0.1, -0.05) is 0 Å². The van der Waals surface area contributed by atoms with Gasteiger partial charge in [0.05, 0.1) is 11.8 Å². The number of carbonyl (C=O) groups is 2. The Hall–Kier alpha value is -1.79. The van der Waals surface area contributed by atoms with E-state index < -0.39 is 5.60 Å². The molecular formula is C15H19N2O4+. The van der Waals surface area contributed by atoms with Gasteiger partial charge in [0, 0.05) is 0 Å². The molecule has 0 N–H and O–H groups in total. The molecule has 0 aliphatic carbocycles. The summed E-state index contributed by atoms with van der Waals surface area (Å²) in [6.45, 7) is 7.15. The van der Waals surface area contributed by atoms with Gasteiger partial charge in [-0.2, -0.15) is 4.84 Å². The SMILES string of the molecule is CC(C)(C)OC(=O)C1C[N+]2(C1)OCc1cc(C=O)ncc12. The summed E-state index contributed by atoms with van der Waals surface area (Å²) in [5.41, 5.74) is 1.85. The van der Waals surface area contributed by atoms with Gasteiger partial charge in [0.2, 0.25) is 0 Å². The molecule has 0 bridgehead atoms. The molecule has 0 amide bonds. The van der Waals surface area contributed by atoms with Crippen LogP contribution in [0.4, 0.5) is 5.69 Å². The highest BCUT2D eigenvalue weighted by molar-refractivity contribution is 5.77. The smallest absolute Gasteiger partial charge is 0.321 e. The van der Waals surface area contributed by atoms with Crippen LogP contribution >= 0.6 is 0 Å². The van der Waals surface area contributed by atoms with E-state index in [4.69, 9.17) is 9.57 Å². The molecule has 1 aromatic rings. The summed E-state index contributed by atoms with van der Waals surface area (Å²) in [6.07, 6.45) is 2.40. The lowest BCUT2D eigenvalue weighted by molar-refractivity contribution is -0.214. The summed E-state index contributed by atoms with van der Waals surface area (Å²) in [4.78, 5) is 32.7. The van der Waals surface area contributed by atoms with Crippen molar-refractivity contribution < 1.29 is 19.2 Å². The maximum Gasteiger partial charge on any atom is 0.321 e. The molecule has 0 aromatic carbocycles. The van der Waals surface area contributed by atoms with Crippen molar-refractivity contribution in [2.45, 2.75) is 33.0 Å². The molecule has 2 aliphatic rings. The van der Waals surface area contributed by atoms with Gasteiger partial charge in [0.1, 0.15) is 31.0 Å². The third-order valence-electron chi connectivity index (χ3n) is 3.78. The number of hydroxylamine groups is 2. The van der Waals surface area contributed by atoms with E-state index >= 15 is 0 Å². The number of esters is 1. The van der Waals surface area contributed by atoms with Gasteiger partial charge in [-0.05, 0) is 26.8 Å². The van der Waals surface area contributed by atoms with Gasteiger partial charge in [-0.3, -0.25) is 9.59 Å². The summed E-state index contributed by atoms with van der Waals surface area (Å²) >= 11 is 0. The van der Waals surface area contributed by atoms with Crippen molar-refractivity contribution in [3.8, 4) is 0 Å². The van der Waals surface area contributed by atoms with Crippen molar-refractivity contribution in [3.63, 3.8) is 0 Å². The first-order valence-electron chi connectivity index (χ1n) is 7.02. The molecule has 3 rings (SSSR count). The van der Waals surface area contributed by atoms with Crippen molar-refractivity contribution >= 4 is 17.9 Å². The van der Waals surface area contributed by atoms with Gasteiger partial charge in [-0.25, -0.2) is 4.98 Å². The second-order valence-corrected chi connectivity index (χ2v) is 6.61. The number of rotatable bonds is 2. The van der Waals surface area contributed by atoms with Crippen LogP contribution in [0.1, 0.15) is 36.8 Å². The molecular weight excluding hydrogens is 272 g/mol. The van der Waals surface area contributed by atoms with E-state index in [0.29, 0.717) is 30.0 Å². The quantitative estimate of drug-likeness (QED) is 0.470. The Morgan fingerprint density at radius 1 is 1.48 bits per heavy atom. The maximum absolute atomic E-state index is 12.0. The molecule has 21 heavy (non-hydrogen) atoms. The predicted molar refractivity (Wildman–Crippen MR) is 75.3 cm³/mol. The molecule has 1 aromatic heterocycles. The molecule has 6 heteroatoms. The first-order valence-corrected chi connectivity index (χ1v) is 7.02. The van der Waals surface area contributed by atoms with Crippen LogP contribution in [0, 0.1) is 5.92 Å². The normalized spacial score (nSPS) is 27.1. The highest BCUT2D eigenvalue weighted by Crippen LogP contribution is 2.42. The number of aromatic nitrogens is 1. The number of fused-ring (bicyclic) bond motifs is 2. The maximum atomic E-state index is 12.0. The van der Waals surface area contributed by atoms with E-state index in [1.54, 1.807) is 12.3 Å². The van der Waals surface area contributed by atoms with E-state index in [-0.39, 0.29) is 11.9 Å². The van der Waals surface area contributed by atoms with Crippen LogP contribution in [-0.2, 0) is 21.0 Å². The van der Waals surface area contributed by atoms with Crippen molar-refractivity contribution in [3.05, 3.63) is 23.5 Å². The van der Waals surface area contributed by atoms with Crippen molar-refractivity contribution in [1.29, 1.82) is 0 Å². The summed E-state index contributed by atoms with van der Waals surface area (Å²) < 4.78 is 5.71. The van der Waals surface area contributed by atoms with Crippen molar-refractivity contribution in [2.24, 2.45) is 5.92 Å². The molecule has 6 nitrogen and oxygen atoms in total. The zero-order valence-electron chi connectivity index (χ0n) is 12.5. The fourth-order valence-electron chi connectivity index (χ4n) is 2.81. The van der Waals surface area contributed by atoms with Crippen molar-refractivity contribution in [1.82, 2.24) is 9.63 Å². The lowest BCUT2D eigenvalue weighted by Crippen LogP contribution is -2.65. The van der Waals surface area contributed by atoms with Crippen LogP contribution in [0.2, 0.25) is 0 Å². The van der Waals surface area contributed by atoms with Crippen LogP contribution in [-0.4, -0.2) is 35.9 Å². The average molecular weight is 291 g/mol. The highest BCUT2D eigenvalue weighted by Gasteiger charge is 2.57. The largest absolute Gasteiger partial charge is 0.459 e. The Labute approximate surface area is 123 Å². The highest BCUT2D eigenvalue weighted by atomic mass is 16.7. The Balaban J connectivity index is 1.72. The first-order chi connectivity index (χ1) is 9.83. The first kappa shape index (κ1) is 14.2. The van der Waals surface area contributed by atoms with Crippen LogP contribution in [0.5, 0.6) is 0 Å². The minimum atomic E-state index is -0.471. The number of quaternary nitrogens is 1. The Morgan fingerprint density at radius 3 is 2.81 bits per heavy atom. The molecule has 112 valence electrons. The number of pyridine rings is 1. The number of ether oxygens (including phenoxy) is 1. The van der Waals surface area contributed by atoms with Gasteiger partial charge in [-0.15, -0.1) is 4.65 Å². The topological polar surface area (TPSA) is 65.5 Å². The van der Waals surface area contributed by atoms with E-state index in [0.717, 1.165) is 17.5 Å². The summed E-state index contributed by atoms with van der Waals surface area (Å²) in [5, 5.41) is 0. The average Bonchev–Trinajstić information content (AvgIpc) is 2.73. The molecule has 3 heterocycles. The third-order valence-corrected chi connectivity index (χ3v) is 3.78.